The van der Waals surface area contributed by atoms with Crippen molar-refractivity contribution in [3.05, 3.63) is 59.2 Å². The van der Waals surface area contributed by atoms with E-state index < -0.39 is 0 Å². The van der Waals surface area contributed by atoms with E-state index in [9.17, 15) is 4.79 Å². The zero-order valence-corrected chi connectivity index (χ0v) is 13.5. The summed E-state index contributed by atoms with van der Waals surface area (Å²) >= 11 is 0. The van der Waals surface area contributed by atoms with E-state index in [4.69, 9.17) is 4.74 Å². The molecule has 5 nitrogen and oxygen atoms in total. The first kappa shape index (κ1) is 16.5. The first-order valence-corrected chi connectivity index (χ1v) is 7.35. The number of hydrogen-bond acceptors (Lipinski definition) is 4. The van der Waals surface area contributed by atoms with E-state index in [-0.39, 0.29) is 5.91 Å². The van der Waals surface area contributed by atoms with E-state index >= 15 is 0 Å². The number of rotatable bonds is 6. The molecule has 0 aliphatic carbocycles. The zero-order valence-electron chi connectivity index (χ0n) is 13.5. The second kappa shape index (κ2) is 7.98. The Balaban J connectivity index is 2.06. The van der Waals surface area contributed by atoms with Crippen molar-refractivity contribution in [2.75, 3.05) is 19.0 Å². The molecular formula is C18H20N2O3. The molecule has 0 saturated heterocycles. The van der Waals surface area contributed by atoms with Crippen LogP contribution >= 0.6 is 0 Å². The summed E-state index contributed by atoms with van der Waals surface area (Å²) in [6.45, 7) is 4.51. The minimum absolute atomic E-state index is 0.163. The molecule has 0 radical (unpaired) electrons. The van der Waals surface area contributed by atoms with Gasteiger partial charge in [-0.05, 0) is 55.3 Å². The normalized spacial score (nSPS) is 10.6. The fourth-order valence-electron chi connectivity index (χ4n) is 2.08. The predicted molar refractivity (Wildman–Crippen MR) is 91.3 cm³/mol. The van der Waals surface area contributed by atoms with E-state index in [0.717, 1.165) is 22.6 Å². The third-order valence-electron chi connectivity index (χ3n) is 3.21. The third-order valence-corrected chi connectivity index (χ3v) is 3.21. The molecule has 0 fully saturated rings. The maximum atomic E-state index is 12.3. The Morgan fingerprint density at radius 3 is 2.57 bits per heavy atom. The number of nitrogens with one attached hydrogen (secondary N) is 1. The molecule has 0 heterocycles. The van der Waals surface area contributed by atoms with E-state index in [1.165, 1.54) is 7.11 Å². The van der Waals surface area contributed by atoms with Crippen LogP contribution in [0.1, 0.15) is 28.4 Å². The predicted octanol–water partition coefficient (Wildman–Crippen LogP) is 3.63. The Morgan fingerprint density at radius 2 is 1.96 bits per heavy atom. The molecule has 1 amide bonds. The van der Waals surface area contributed by atoms with Crippen LogP contribution in [0.5, 0.6) is 5.75 Å². The summed E-state index contributed by atoms with van der Waals surface area (Å²) in [5, 5.41) is 6.56. The van der Waals surface area contributed by atoms with Crippen molar-refractivity contribution in [3.63, 3.8) is 0 Å². The average Bonchev–Trinajstić information content (AvgIpc) is 2.56. The molecule has 120 valence electrons. The van der Waals surface area contributed by atoms with Crippen LogP contribution in [-0.4, -0.2) is 25.8 Å². The average molecular weight is 312 g/mol. The quantitative estimate of drug-likeness (QED) is 0.654. The van der Waals surface area contributed by atoms with Gasteiger partial charge in [-0.1, -0.05) is 17.3 Å². The Bertz CT molecular complexity index is 694. The fourth-order valence-corrected chi connectivity index (χ4v) is 2.08. The summed E-state index contributed by atoms with van der Waals surface area (Å²) in [4.78, 5) is 16.9. The van der Waals surface area contributed by atoms with Crippen molar-refractivity contribution < 1.29 is 14.4 Å². The number of benzene rings is 2. The smallest absolute Gasteiger partial charge is 0.255 e. The van der Waals surface area contributed by atoms with Crippen molar-refractivity contribution in [1.29, 1.82) is 0 Å². The summed E-state index contributed by atoms with van der Waals surface area (Å²) < 4.78 is 5.49. The van der Waals surface area contributed by atoms with Gasteiger partial charge in [0.2, 0.25) is 0 Å². The van der Waals surface area contributed by atoms with Crippen LogP contribution in [0.3, 0.4) is 0 Å². The number of carbonyl (C=O) groups is 1. The maximum absolute atomic E-state index is 12.3. The number of carbonyl (C=O) groups excluding carboxylic acids is 1. The lowest BCUT2D eigenvalue weighted by Crippen LogP contribution is -2.12. The lowest BCUT2D eigenvalue weighted by molar-refractivity contribution is 0.102. The number of oxime groups is 1. The summed E-state index contributed by atoms with van der Waals surface area (Å²) in [7, 11) is 1.48. The molecule has 0 unspecified atom stereocenters. The maximum Gasteiger partial charge on any atom is 0.255 e. The number of ether oxygens (including phenoxy) is 1. The molecule has 0 aromatic heterocycles. The molecule has 2 aromatic rings. The standard InChI is InChI=1S/C18H20N2O3/c1-4-23-17-10-9-16(11-13(17)2)20-18(21)15-7-5-14(6-8-15)12-19-22-3/h5-12H,4H2,1-3H3,(H,20,21). The summed E-state index contributed by atoms with van der Waals surface area (Å²) in [5.41, 5.74) is 3.16. The highest BCUT2D eigenvalue weighted by molar-refractivity contribution is 6.04. The number of hydrogen-bond donors (Lipinski definition) is 1. The molecular weight excluding hydrogens is 292 g/mol. The molecule has 0 aliphatic heterocycles. The molecule has 23 heavy (non-hydrogen) atoms. The van der Waals surface area contributed by atoms with Gasteiger partial charge >= 0.3 is 0 Å². The lowest BCUT2D eigenvalue weighted by Gasteiger charge is -2.10. The van der Waals surface area contributed by atoms with Crippen molar-refractivity contribution in [2.24, 2.45) is 5.16 Å². The topological polar surface area (TPSA) is 59.9 Å². The number of amides is 1. The summed E-state index contributed by atoms with van der Waals surface area (Å²) in [6.07, 6.45) is 1.58. The van der Waals surface area contributed by atoms with Gasteiger partial charge in [0.25, 0.3) is 5.91 Å². The SMILES string of the molecule is CCOc1ccc(NC(=O)c2ccc(C=NOC)cc2)cc1C. The number of nitrogens with zero attached hydrogens (tertiary/aromatic N) is 1. The van der Waals surface area contributed by atoms with Crippen LogP contribution in [0, 0.1) is 6.92 Å². The Hall–Kier alpha value is -2.82. The largest absolute Gasteiger partial charge is 0.494 e. The summed E-state index contributed by atoms with van der Waals surface area (Å²) in [5.74, 6) is 0.663. The summed E-state index contributed by atoms with van der Waals surface area (Å²) in [6, 6.07) is 12.7. The first-order chi connectivity index (χ1) is 11.1. The van der Waals surface area contributed by atoms with Gasteiger partial charge in [0, 0.05) is 11.3 Å². The van der Waals surface area contributed by atoms with Crippen LogP contribution in [0.25, 0.3) is 0 Å². The number of anilines is 1. The van der Waals surface area contributed by atoms with Crippen molar-refractivity contribution >= 4 is 17.8 Å². The molecule has 0 atom stereocenters. The Labute approximate surface area is 135 Å². The van der Waals surface area contributed by atoms with Crippen molar-refractivity contribution in [3.8, 4) is 5.75 Å². The molecule has 2 rings (SSSR count). The van der Waals surface area contributed by atoms with Gasteiger partial charge in [-0.3, -0.25) is 4.79 Å². The molecule has 0 saturated carbocycles. The van der Waals surface area contributed by atoms with Gasteiger partial charge < -0.3 is 14.9 Å². The molecule has 2 aromatic carbocycles. The Kier molecular flexibility index (Phi) is 5.74. The van der Waals surface area contributed by atoms with Gasteiger partial charge in [-0.2, -0.15) is 0 Å². The highest BCUT2D eigenvalue weighted by Crippen LogP contribution is 2.22. The number of aryl methyl sites for hydroxylation is 1. The van der Waals surface area contributed by atoms with Crippen LogP contribution < -0.4 is 10.1 Å². The molecule has 0 spiro atoms. The van der Waals surface area contributed by atoms with E-state index in [2.05, 4.69) is 15.3 Å². The van der Waals surface area contributed by atoms with Crippen LogP contribution in [0.4, 0.5) is 5.69 Å². The highest BCUT2D eigenvalue weighted by atomic mass is 16.6. The minimum Gasteiger partial charge on any atom is -0.494 e. The van der Waals surface area contributed by atoms with Gasteiger partial charge in [0.1, 0.15) is 12.9 Å². The molecule has 5 heteroatoms. The van der Waals surface area contributed by atoms with E-state index in [1.807, 2.05) is 32.0 Å². The Morgan fingerprint density at radius 1 is 1.22 bits per heavy atom. The van der Waals surface area contributed by atoms with Gasteiger partial charge in [-0.25, -0.2) is 0 Å². The van der Waals surface area contributed by atoms with Crippen LogP contribution in [-0.2, 0) is 4.84 Å². The monoisotopic (exact) mass is 312 g/mol. The second-order valence-corrected chi connectivity index (χ2v) is 4.91. The second-order valence-electron chi connectivity index (χ2n) is 4.91. The molecule has 0 aliphatic rings. The van der Waals surface area contributed by atoms with Crippen LogP contribution in [0.15, 0.2) is 47.6 Å². The zero-order chi connectivity index (χ0) is 16.7. The third kappa shape index (κ3) is 4.57. The van der Waals surface area contributed by atoms with Crippen LogP contribution in [0.2, 0.25) is 0 Å². The van der Waals surface area contributed by atoms with Crippen molar-refractivity contribution in [2.45, 2.75) is 13.8 Å². The molecule has 0 bridgehead atoms. The fraction of sp³-hybridized carbons (Fsp3) is 0.222. The first-order valence-electron chi connectivity index (χ1n) is 7.35. The molecule has 1 N–H and O–H groups in total. The van der Waals surface area contributed by atoms with Gasteiger partial charge in [-0.15, -0.1) is 0 Å². The minimum atomic E-state index is -0.163. The highest BCUT2D eigenvalue weighted by Gasteiger charge is 2.07. The van der Waals surface area contributed by atoms with E-state index in [0.29, 0.717) is 12.2 Å². The lowest BCUT2D eigenvalue weighted by atomic mass is 10.1. The van der Waals surface area contributed by atoms with Gasteiger partial charge in [0.15, 0.2) is 0 Å². The van der Waals surface area contributed by atoms with E-state index in [1.54, 1.807) is 30.5 Å². The van der Waals surface area contributed by atoms with Gasteiger partial charge in [0.05, 0.1) is 12.8 Å². The van der Waals surface area contributed by atoms with Crippen molar-refractivity contribution in [1.82, 2.24) is 0 Å².